The van der Waals surface area contributed by atoms with Crippen molar-refractivity contribution in [1.82, 2.24) is 20.6 Å². The molecule has 0 bridgehead atoms. The summed E-state index contributed by atoms with van der Waals surface area (Å²) in [5, 5.41) is 7.77. The van der Waals surface area contributed by atoms with E-state index in [4.69, 9.17) is 0 Å². The third kappa shape index (κ3) is 6.17. The monoisotopic (exact) mass is 451 g/mol. The van der Waals surface area contributed by atoms with Crippen LogP contribution in [0.1, 0.15) is 27.4 Å². The lowest BCUT2D eigenvalue weighted by atomic mass is 10.4. The average Bonchev–Trinajstić information content (AvgIpc) is 3.05. The third-order valence-electron chi connectivity index (χ3n) is 2.87. The smallest absolute Gasteiger partial charge is 0.191 e. The van der Waals surface area contributed by atoms with Gasteiger partial charge in [0.2, 0.25) is 0 Å². The number of thiazole rings is 2. The molecule has 0 aliphatic carbocycles. The van der Waals surface area contributed by atoms with Crippen molar-refractivity contribution in [2.24, 2.45) is 4.99 Å². The second-order valence-electron chi connectivity index (χ2n) is 4.60. The van der Waals surface area contributed by atoms with Crippen LogP contribution in [0.3, 0.4) is 0 Å². The summed E-state index contributed by atoms with van der Waals surface area (Å²) in [5.74, 6) is 0.846. The second kappa shape index (κ2) is 10.1. The van der Waals surface area contributed by atoms with Crippen LogP contribution >= 0.6 is 46.7 Å². The van der Waals surface area contributed by atoms with Gasteiger partial charge in [-0.2, -0.15) is 0 Å². The molecule has 2 rings (SSSR count). The minimum absolute atomic E-state index is 0. The first-order valence-corrected chi connectivity index (χ1v) is 8.71. The molecule has 2 heterocycles. The molecule has 0 aliphatic rings. The van der Waals surface area contributed by atoms with E-state index in [1.807, 2.05) is 18.6 Å². The van der Waals surface area contributed by atoms with E-state index < -0.39 is 0 Å². The third-order valence-corrected chi connectivity index (χ3v) is 4.76. The zero-order valence-corrected chi connectivity index (χ0v) is 17.0. The predicted octanol–water partition coefficient (Wildman–Crippen LogP) is 3.13. The lowest BCUT2D eigenvalue weighted by Gasteiger charge is -2.10. The number of hydrogen-bond donors (Lipinski definition) is 2. The van der Waals surface area contributed by atoms with Gasteiger partial charge in [0, 0.05) is 35.5 Å². The van der Waals surface area contributed by atoms with E-state index in [0.29, 0.717) is 6.54 Å². The Morgan fingerprint density at radius 3 is 2.68 bits per heavy atom. The lowest BCUT2D eigenvalue weighted by Crippen LogP contribution is -2.38. The van der Waals surface area contributed by atoms with Crippen LogP contribution in [0.25, 0.3) is 0 Å². The van der Waals surface area contributed by atoms with E-state index in [1.54, 1.807) is 22.7 Å². The Hall–Kier alpha value is -0.740. The number of hydrogen-bond acceptors (Lipinski definition) is 5. The van der Waals surface area contributed by atoms with Crippen molar-refractivity contribution >= 4 is 52.6 Å². The number of guanidine groups is 1. The van der Waals surface area contributed by atoms with E-state index in [9.17, 15) is 0 Å². The first-order valence-electron chi connectivity index (χ1n) is 7.01. The Kier molecular flexibility index (Phi) is 8.88. The number of aromatic nitrogens is 2. The minimum Gasteiger partial charge on any atom is -0.357 e. The summed E-state index contributed by atoms with van der Waals surface area (Å²) in [4.78, 5) is 15.7. The Labute approximate surface area is 156 Å². The Morgan fingerprint density at radius 1 is 1.27 bits per heavy atom. The van der Waals surface area contributed by atoms with Gasteiger partial charge in [-0.1, -0.05) is 0 Å². The molecule has 0 spiro atoms. The van der Waals surface area contributed by atoms with Gasteiger partial charge in [0.1, 0.15) is 0 Å². The SMILES string of the molecule is CCNC(=NCc1scnc1C)NCCc1ncc(C)s1.I. The fraction of sp³-hybridized carbons (Fsp3) is 0.500. The molecule has 2 aromatic heterocycles. The quantitative estimate of drug-likeness (QED) is 0.403. The summed E-state index contributed by atoms with van der Waals surface area (Å²) in [5.41, 5.74) is 2.93. The van der Waals surface area contributed by atoms with Crippen LogP contribution in [0, 0.1) is 13.8 Å². The molecule has 8 heteroatoms. The second-order valence-corrected chi connectivity index (χ2v) is 6.86. The average molecular weight is 451 g/mol. The van der Waals surface area contributed by atoms with Gasteiger partial charge in [-0.05, 0) is 20.8 Å². The molecule has 0 aromatic carbocycles. The van der Waals surface area contributed by atoms with E-state index in [-0.39, 0.29) is 24.0 Å². The lowest BCUT2D eigenvalue weighted by molar-refractivity contribution is 0.797. The van der Waals surface area contributed by atoms with E-state index in [1.165, 1.54) is 9.75 Å². The van der Waals surface area contributed by atoms with Gasteiger partial charge in [-0.25, -0.2) is 15.0 Å². The van der Waals surface area contributed by atoms with E-state index in [2.05, 4.69) is 39.4 Å². The highest BCUT2D eigenvalue weighted by molar-refractivity contribution is 14.0. The van der Waals surface area contributed by atoms with Gasteiger partial charge in [0.15, 0.2) is 5.96 Å². The van der Waals surface area contributed by atoms with Crippen LogP contribution in [-0.2, 0) is 13.0 Å². The Balaban J connectivity index is 0.00000242. The fourth-order valence-corrected chi connectivity index (χ4v) is 3.26. The van der Waals surface area contributed by atoms with Crippen molar-refractivity contribution in [3.63, 3.8) is 0 Å². The van der Waals surface area contributed by atoms with Crippen molar-refractivity contribution in [1.29, 1.82) is 0 Å². The molecule has 0 saturated carbocycles. The highest BCUT2D eigenvalue weighted by Crippen LogP contribution is 2.13. The fourth-order valence-electron chi connectivity index (χ4n) is 1.78. The van der Waals surface area contributed by atoms with Crippen LogP contribution in [0.15, 0.2) is 16.7 Å². The van der Waals surface area contributed by atoms with Gasteiger partial charge >= 0.3 is 0 Å². The van der Waals surface area contributed by atoms with Crippen LogP contribution in [0.4, 0.5) is 0 Å². The van der Waals surface area contributed by atoms with Crippen molar-refractivity contribution in [3.05, 3.63) is 32.2 Å². The summed E-state index contributed by atoms with van der Waals surface area (Å²) in [6.45, 7) is 8.52. The van der Waals surface area contributed by atoms with Crippen molar-refractivity contribution < 1.29 is 0 Å². The van der Waals surface area contributed by atoms with Gasteiger partial charge < -0.3 is 10.6 Å². The molecule has 0 radical (unpaired) electrons. The van der Waals surface area contributed by atoms with Crippen LogP contribution in [0.2, 0.25) is 0 Å². The van der Waals surface area contributed by atoms with Gasteiger partial charge in [-0.15, -0.1) is 46.7 Å². The van der Waals surface area contributed by atoms with Crippen molar-refractivity contribution in [3.8, 4) is 0 Å². The molecule has 0 aliphatic heterocycles. The summed E-state index contributed by atoms with van der Waals surface area (Å²) in [7, 11) is 0. The number of rotatable bonds is 6. The highest BCUT2D eigenvalue weighted by atomic mass is 127. The van der Waals surface area contributed by atoms with Crippen LogP contribution < -0.4 is 10.6 Å². The van der Waals surface area contributed by atoms with Crippen LogP contribution in [-0.4, -0.2) is 29.0 Å². The summed E-state index contributed by atoms with van der Waals surface area (Å²) >= 11 is 3.40. The number of aliphatic imine (C=N–C) groups is 1. The molecule has 122 valence electrons. The number of nitrogens with one attached hydrogen (secondary N) is 2. The van der Waals surface area contributed by atoms with Gasteiger partial charge in [-0.3, -0.25) is 0 Å². The largest absolute Gasteiger partial charge is 0.357 e. The van der Waals surface area contributed by atoms with Crippen LogP contribution in [0.5, 0.6) is 0 Å². The number of aryl methyl sites for hydroxylation is 2. The topological polar surface area (TPSA) is 62.2 Å². The molecule has 0 atom stereocenters. The maximum absolute atomic E-state index is 4.60. The summed E-state index contributed by atoms with van der Waals surface area (Å²) in [6, 6.07) is 0. The van der Waals surface area contributed by atoms with Gasteiger partial charge in [0.25, 0.3) is 0 Å². The molecule has 0 amide bonds. The first-order chi connectivity index (χ1) is 10.2. The highest BCUT2D eigenvalue weighted by Gasteiger charge is 2.03. The number of halogens is 1. The first kappa shape index (κ1) is 19.3. The minimum atomic E-state index is 0. The summed E-state index contributed by atoms with van der Waals surface area (Å²) in [6.07, 6.45) is 2.84. The summed E-state index contributed by atoms with van der Waals surface area (Å²) < 4.78 is 0. The molecular weight excluding hydrogens is 429 g/mol. The van der Waals surface area contributed by atoms with Crippen molar-refractivity contribution in [2.45, 2.75) is 33.7 Å². The molecular formula is C14H22IN5S2. The standard InChI is InChI=1S/C14H21N5S2.HI/c1-4-15-14(18-8-12-11(3)19-9-20-12)16-6-5-13-17-7-10(2)21-13;/h7,9H,4-6,8H2,1-3H3,(H2,15,16,18);1H. The molecule has 2 aromatic rings. The molecule has 0 unspecified atom stereocenters. The van der Waals surface area contributed by atoms with E-state index in [0.717, 1.165) is 36.2 Å². The maximum Gasteiger partial charge on any atom is 0.191 e. The molecule has 22 heavy (non-hydrogen) atoms. The normalized spacial score (nSPS) is 11.1. The van der Waals surface area contributed by atoms with E-state index >= 15 is 0 Å². The van der Waals surface area contributed by atoms with Crippen molar-refractivity contribution in [2.75, 3.05) is 13.1 Å². The predicted molar refractivity (Wildman–Crippen MR) is 106 cm³/mol. The molecule has 5 nitrogen and oxygen atoms in total. The zero-order valence-electron chi connectivity index (χ0n) is 13.0. The molecule has 0 fully saturated rings. The number of nitrogens with zero attached hydrogens (tertiary/aromatic N) is 3. The molecule has 0 saturated heterocycles. The zero-order chi connectivity index (χ0) is 15.1. The Morgan fingerprint density at radius 2 is 2.09 bits per heavy atom. The molecule has 2 N–H and O–H groups in total. The maximum atomic E-state index is 4.60. The Bertz CT molecular complexity index is 594. The van der Waals surface area contributed by atoms with Gasteiger partial charge in [0.05, 0.1) is 22.8 Å².